The Morgan fingerprint density at radius 3 is 2.70 bits per heavy atom. The first-order chi connectivity index (χ1) is 14.3. The smallest absolute Gasteiger partial charge is 0.337 e. The van der Waals surface area contributed by atoms with Crippen LogP contribution in [0.4, 0.5) is 0 Å². The van der Waals surface area contributed by atoms with Gasteiger partial charge in [-0.25, -0.2) is 9.80 Å². The van der Waals surface area contributed by atoms with Gasteiger partial charge in [-0.15, -0.1) is 11.3 Å². The van der Waals surface area contributed by atoms with E-state index in [1.165, 1.54) is 4.88 Å². The number of rotatable bonds is 6. The van der Waals surface area contributed by atoms with Crippen molar-refractivity contribution in [3.63, 3.8) is 0 Å². The quantitative estimate of drug-likeness (QED) is 0.437. The van der Waals surface area contributed by atoms with Crippen LogP contribution >= 0.6 is 11.3 Å². The molecule has 0 saturated heterocycles. The van der Waals surface area contributed by atoms with Gasteiger partial charge in [0.1, 0.15) is 0 Å². The normalized spacial score (nSPS) is 15.2. The molecule has 0 spiro atoms. The number of nitrogens with two attached hydrogens (primary N) is 1. The Labute approximate surface area is 181 Å². The van der Waals surface area contributed by atoms with Crippen molar-refractivity contribution in [2.24, 2.45) is 11.3 Å². The van der Waals surface area contributed by atoms with Crippen LogP contribution in [0.1, 0.15) is 52.3 Å². The molecule has 3 aromatic rings. The minimum absolute atomic E-state index is 0.131. The number of aryl methyl sites for hydroxylation is 1. The lowest BCUT2D eigenvalue weighted by Gasteiger charge is -2.29. The van der Waals surface area contributed by atoms with E-state index in [4.69, 9.17) is 5.84 Å². The molecule has 0 atom stereocenters. The van der Waals surface area contributed by atoms with E-state index in [0.29, 0.717) is 18.7 Å². The summed E-state index contributed by atoms with van der Waals surface area (Å²) in [6, 6.07) is 13.8. The molecule has 0 bridgehead atoms. The van der Waals surface area contributed by atoms with Gasteiger partial charge in [-0.2, -0.15) is 0 Å². The van der Waals surface area contributed by atoms with Crippen LogP contribution in [0.15, 0.2) is 48.7 Å². The minimum atomic E-state index is -0.840. The summed E-state index contributed by atoms with van der Waals surface area (Å²) in [6.45, 7) is 5.48. The van der Waals surface area contributed by atoms with Crippen LogP contribution in [-0.2, 0) is 25.9 Å². The number of pyridine rings is 1. The summed E-state index contributed by atoms with van der Waals surface area (Å²) in [5, 5.41) is 11.8. The molecule has 1 aliphatic carbocycles. The molecular weight excluding hydrogens is 394 g/mol. The molecule has 0 fully saturated rings. The number of benzene rings is 1. The number of hydrogen-bond acceptors (Lipinski definition) is 5. The highest BCUT2D eigenvalue weighted by Crippen LogP contribution is 2.45. The second-order valence-corrected chi connectivity index (χ2v) is 9.84. The summed E-state index contributed by atoms with van der Waals surface area (Å²) in [4.78, 5) is 18.7. The van der Waals surface area contributed by atoms with Gasteiger partial charge in [0.2, 0.25) is 0 Å². The minimum Gasteiger partial charge on any atom is -0.478 e. The van der Waals surface area contributed by atoms with E-state index in [1.54, 1.807) is 22.5 Å². The number of thiophene rings is 1. The molecule has 1 aliphatic rings. The van der Waals surface area contributed by atoms with Gasteiger partial charge in [-0.3, -0.25) is 10.8 Å². The maximum Gasteiger partial charge on any atom is 0.337 e. The number of carboxylic acids is 1. The zero-order valence-corrected chi connectivity index (χ0v) is 18.2. The maximum atomic E-state index is 12.3. The van der Waals surface area contributed by atoms with Crippen LogP contribution < -0.4 is 5.84 Å². The monoisotopic (exact) mass is 421 g/mol. The number of aromatic nitrogens is 1. The molecule has 0 unspecified atom stereocenters. The number of fused-ring (bicyclic) bond motifs is 1. The standard InChI is InChI=1S/C24H27N3O2S/c1-24(2)11-10-20-19(13-24)21(23(28)29)22(30-20)18-9-4-3-7-16(18)14-27(25)15-17-8-5-6-12-26-17/h3-9,12H,10-11,13-15,25H2,1-2H3,(H,28,29). The molecule has 0 radical (unpaired) electrons. The van der Waals surface area contributed by atoms with E-state index in [2.05, 4.69) is 18.8 Å². The predicted molar refractivity (Wildman–Crippen MR) is 120 cm³/mol. The lowest BCUT2D eigenvalue weighted by atomic mass is 9.76. The number of hydrazine groups is 1. The van der Waals surface area contributed by atoms with Crippen molar-refractivity contribution in [2.45, 2.75) is 46.2 Å². The van der Waals surface area contributed by atoms with Crippen molar-refractivity contribution in [2.75, 3.05) is 0 Å². The molecule has 2 aromatic heterocycles. The zero-order chi connectivity index (χ0) is 21.3. The van der Waals surface area contributed by atoms with Gasteiger partial charge in [-0.1, -0.05) is 44.2 Å². The Balaban J connectivity index is 1.69. The number of carboxylic acid groups (broad SMARTS) is 1. The van der Waals surface area contributed by atoms with Gasteiger partial charge in [0.05, 0.1) is 17.8 Å². The van der Waals surface area contributed by atoms with E-state index in [1.807, 2.05) is 42.5 Å². The first-order valence-corrected chi connectivity index (χ1v) is 11.0. The molecule has 0 saturated carbocycles. The third-order valence-electron chi connectivity index (χ3n) is 5.72. The molecule has 5 nitrogen and oxygen atoms in total. The fraction of sp³-hybridized carbons (Fsp3) is 0.333. The third kappa shape index (κ3) is 4.31. The van der Waals surface area contributed by atoms with E-state index >= 15 is 0 Å². The number of carbonyl (C=O) groups is 1. The summed E-state index contributed by atoms with van der Waals surface area (Å²) >= 11 is 1.64. The zero-order valence-electron chi connectivity index (χ0n) is 17.4. The summed E-state index contributed by atoms with van der Waals surface area (Å²) in [6.07, 6.45) is 4.60. The van der Waals surface area contributed by atoms with Crippen LogP contribution in [0.5, 0.6) is 0 Å². The molecule has 3 N–H and O–H groups in total. The Bertz CT molecular complexity index is 1060. The molecule has 2 heterocycles. The van der Waals surface area contributed by atoms with Crippen LogP contribution in [0.3, 0.4) is 0 Å². The summed E-state index contributed by atoms with van der Waals surface area (Å²) < 4.78 is 0. The van der Waals surface area contributed by atoms with Crippen LogP contribution in [0.25, 0.3) is 10.4 Å². The summed E-state index contributed by atoms with van der Waals surface area (Å²) in [5.41, 5.74) is 4.51. The van der Waals surface area contributed by atoms with Gasteiger partial charge >= 0.3 is 5.97 Å². The second kappa shape index (κ2) is 8.30. The van der Waals surface area contributed by atoms with Crippen molar-refractivity contribution in [3.8, 4) is 10.4 Å². The van der Waals surface area contributed by atoms with Gasteiger partial charge in [-0.05, 0) is 53.5 Å². The number of nitrogens with zero attached hydrogens (tertiary/aromatic N) is 2. The maximum absolute atomic E-state index is 12.3. The third-order valence-corrected chi connectivity index (χ3v) is 7.04. The molecule has 30 heavy (non-hydrogen) atoms. The van der Waals surface area contributed by atoms with E-state index < -0.39 is 5.97 Å². The lowest BCUT2D eigenvalue weighted by Crippen LogP contribution is -2.30. The van der Waals surface area contributed by atoms with Gasteiger partial charge in [0.25, 0.3) is 0 Å². The van der Waals surface area contributed by atoms with Gasteiger partial charge in [0.15, 0.2) is 0 Å². The van der Waals surface area contributed by atoms with Gasteiger partial charge < -0.3 is 5.11 Å². The topological polar surface area (TPSA) is 79.5 Å². The lowest BCUT2D eigenvalue weighted by molar-refractivity contribution is 0.0696. The van der Waals surface area contributed by atoms with Gasteiger partial charge in [0, 0.05) is 22.5 Å². The fourth-order valence-corrected chi connectivity index (χ4v) is 5.56. The van der Waals surface area contributed by atoms with E-state index in [-0.39, 0.29) is 5.41 Å². The molecule has 1 aromatic carbocycles. The first-order valence-electron chi connectivity index (χ1n) is 10.2. The first kappa shape index (κ1) is 20.7. The summed E-state index contributed by atoms with van der Waals surface area (Å²) in [5.74, 6) is 5.46. The Hall–Kier alpha value is -2.54. The van der Waals surface area contributed by atoms with Crippen molar-refractivity contribution < 1.29 is 9.90 Å². The summed E-state index contributed by atoms with van der Waals surface area (Å²) in [7, 11) is 0. The SMILES string of the molecule is CC1(C)CCc2sc(-c3ccccc3CN(N)Cc3ccccn3)c(C(=O)O)c2C1. The predicted octanol–water partition coefficient (Wildman–Crippen LogP) is 4.90. The number of aromatic carboxylic acids is 1. The average Bonchev–Trinajstić information content (AvgIpc) is 3.06. The molecule has 4 rings (SSSR count). The highest BCUT2D eigenvalue weighted by molar-refractivity contribution is 7.16. The highest BCUT2D eigenvalue weighted by Gasteiger charge is 2.33. The Kier molecular flexibility index (Phi) is 5.73. The van der Waals surface area contributed by atoms with Crippen molar-refractivity contribution in [1.82, 2.24) is 9.99 Å². The fourth-order valence-electron chi connectivity index (χ4n) is 4.19. The van der Waals surface area contributed by atoms with Crippen molar-refractivity contribution in [1.29, 1.82) is 0 Å². The second-order valence-electron chi connectivity index (χ2n) is 8.74. The molecule has 156 valence electrons. The van der Waals surface area contributed by atoms with Crippen LogP contribution in [0.2, 0.25) is 0 Å². The Morgan fingerprint density at radius 1 is 1.20 bits per heavy atom. The van der Waals surface area contributed by atoms with E-state index in [0.717, 1.165) is 46.5 Å². The Morgan fingerprint density at radius 2 is 1.97 bits per heavy atom. The van der Waals surface area contributed by atoms with Crippen LogP contribution in [-0.4, -0.2) is 21.1 Å². The molecular formula is C24H27N3O2S. The molecule has 6 heteroatoms. The average molecular weight is 422 g/mol. The van der Waals surface area contributed by atoms with Crippen molar-refractivity contribution >= 4 is 17.3 Å². The van der Waals surface area contributed by atoms with E-state index in [9.17, 15) is 9.90 Å². The highest BCUT2D eigenvalue weighted by atomic mass is 32.1. The largest absolute Gasteiger partial charge is 0.478 e. The molecule has 0 amide bonds. The van der Waals surface area contributed by atoms with Crippen LogP contribution in [0, 0.1) is 5.41 Å². The number of hydrogen-bond donors (Lipinski definition) is 2. The van der Waals surface area contributed by atoms with Crippen molar-refractivity contribution in [3.05, 3.63) is 75.9 Å². The molecule has 0 aliphatic heterocycles.